The maximum Gasteiger partial charge on any atom is 0.230 e. The van der Waals surface area contributed by atoms with E-state index in [-0.39, 0.29) is 0 Å². The molecular formula is C18H19NO4. The van der Waals surface area contributed by atoms with E-state index in [0.717, 1.165) is 16.3 Å². The van der Waals surface area contributed by atoms with Crippen molar-refractivity contribution in [1.29, 1.82) is 0 Å². The lowest BCUT2D eigenvalue weighted by Crippen LogP contribution is -1.98. The van der Waals surface area contributed by atoms with Crippen molar-refractivity contribution >= 4 is 22.0 Å². The van der Waals surface area contributed by atoms with Gasteiger partial charge < -0.3 is 18.6 Å². The van der Waals surface area contributed by atoms with Crippen LogP contribution in [0.25, 0.3) is 22.0 Å². The third kappa shape index (κ3) is 2.82. The third-order valence-electron chi connectivity index (χ3n) is 3.57. The fraction of sp³-hybridized carbons (Fsp3) is 0.278. The van der Waals surface area contributed by atoms with E-state index in [1.165, 1.54) is 5.57 Å². The second-order valence-electron chi connectivity index (χ2n) is 5.40. The topological polar surface area (TPSA) is 53.7 Å². The Kier molecular flexibility index (Phi) is 4.10. The summed E-state index contributed by atoms with van der Waals surface area (Å²) in [6, 6.07) is 5.56. The number of ether oxygens (including phenoxy) is 3. The molecule has 2 heterocycles. The van der Waals surface area contributed by atoms with Crippen LogP contribution in [0.5, 0.6) is 17.2 Å². The van der Waals surface area contributed by atoms with E-state index in [2.05, 4.69) is 4.98 Å². The van der Waals surface area contributed by atoms with Gasteiger partial charge in [-0.15, -0.1) is 0 Å². The zero-order valence-corrected chi connectivity index (χ0v) is 13.7. The Labute approximate surface area is 134 Å². The Bertz CT molecular complexity index is 875. The van der Waals surface area contributed by atoms with E-state index >= 15 is 0 Å². The Morgan fingerprint density at radius 1 is 1.13 bits per heavy atom. The fourth-order valence-electron chi connectivity index (χ4n) is 2.43. The minimum absolute atomic E-state index is 0.477. The molecule has 0 saturated carbocycles. The van der Waals surface area contributed by atoms with Crippen LogP contribution in [-0.2, 0) is 0 Å². The number of benzene rings is 1. The number of aromatic nitrogens is 1. The molecule has 0 N–H and O–H groups in total. The van der Waals surface area contributed by atoms with Crippen LogP contribution in [0.15, 0.2) is 40.5 Å². The van der Waals surface area contributed by atoms with Gasteiger partial charge >= 0.3 is 0 Å². The SMILES string of the molecule is COc1cc2c(OC)c3ccoc3nc2cc1OCC=C(C)C. The normalized spacial score (nSPS) is 10.8. The van der Waals surface area contributed by atoms with Gasteiger partial charge in [0.25, 0.3) is 0 Å². The minimum Gasteiger partial charge on any atom is -0.495 e. The summed E-state index contributed by atoms with van der Waals surface area (Å²) in [5, 5.41) is 1.69. The number of rotatable bonds is 5. The number of pyridine rings is 1. The molecule has 0 aliphatic rings. The van der Waals surface area contributed by atoms with Gasteiger partial charge in [-0.05, 0) is 32.1 Å². The average Bonchev–Trinajstić information content (AvgIpc) is 2.99. The molecule has 1 aromatic carbocycles. The molecule has 120 valence electrons. The van der Waals surface area contributed by atoms with E-state index in [9.17, 15) is 0 Å². The molecule has 5 nitrogen and oxygen atoms in total. The summed E-state index contributed by atoms with van der Waals surface area (Å²) in [5.41, 5.74) is 2.47. The Morgan fingerprint density at radius 2 is 1.96 bits per heavy atom. The molecule has 0 unspecified atom stereocenters. The predicted octanol–water partition coefficient (Wildman–Crippen LogP) is 4.34. The highest BCUT2D eigenvalue weighted by Crippen LogP contribution is 2.39. The lowest BCUT2D eigenvalue weighted by atomic mass is 10.1. The Hall–Kier alpha value is -2.69. The van der Waals surface area contributed by atoms with Crippen molar-refractivity contribution in [3.8, 4) is 17.2 Å². The molecule has 0 saturated heterocycles. The van der Waals surface area contributed by atoms with Crippen LogP contribution in [0.1, 0.15) is 13.8 Å². The van der Waals surface area contributed by atoms with Crippen LogP contribution in [0, 0.1) is 0 Å². The standard InChI is InChI=1S/C18H19NO4/c1-11(2)5-7-22-16-10-14-13(9-15(16)20-3)17(21-4)12-6-8-23-18(12)19-14/h5-6,8-10H,7H2,1-4H3. The van der Waals surface area contributed by atoms with Gasteiger partial charge in [-0.1, -0.05) is 5.57 Å². The van der Waals surface area contributed by atoms with E-state index in [1.54, 1.807) is 20.5 Å². The van der Waals surface area contributed by atoms with Crippen molar-refractivity contribution in [3.63, 3.8) is 0 Å². The van der Waals surface area contributed by atoms with Gasteiger partial charge in [-0.3, -0.25) is 0 Å². The summed E-state index contributed by atoms with van der Waals surface area (Å²) in [4.78, 5) is 4.53. The van der Waals surface area contributed by atoms with E-state index < -0.39 is 0 Å². The lowest BCUT2D eigenvalue weighted by molar-refractivity contribution is 0.326. The zero-order valence-electron chi connectivity index (χ0n) is 13.7. The molecule has 0 spiro atoms. The van der Waals surface area contributed by atoms with Gasteiger partial charge in [0, 0.05) is 11.5 Å². The number of hydrogen-bond acceptors (Lipinski definition) is 5. The van der Waals surface area contributed by atoms with Gasteiger partial charge in [0.15, 0.2) is 11.5 Å². The van der Waals surface area contributed by atoms with Crippen LogP contribution in [0.4, 0.5) is 0 Å². The van der Waals surface area contributed by atoms with Gasteiger partial charge in [0.1, 0.15) is 12.4 Å². The van der Waals surface area contributed by atoms with Crippen LogP contribution < -0.4 is 14.2 Å². The van der Waals surface area contributed by atoms with E-state index in [1.807, 2.05) is 38.1 Å². The van der Waals surface area contributed by atoms with Crippen LogP contribution in [-0.4, -0.2) is 25.8 Å². The number of methoxy groups -OCH3 is 2. The molecule has 3 aromatic rings. The molecule has 0 radical (unpaired) electrons. The van der Waals surface area contributed by atoms with Crippen molar-refractivity contribution in [1.82, 2.24) is 4.98 Å². The number of furan rings is 1. The van der Waals surface area contributed by atoms with Gasteiger partial charge in [-0.2, -0.15) is 0 Å². The van der Waals surface area contributed by atoms with E-state index in [0.29, 0.717) is 29.6 Å². The highest BCUT2D eigenvalue weighted by Gasteiger charge is 2.16. The molecule has 2 aromatic heterocycles. The second-order valence-corrected chi connectivity index (χ2v) is 5.40. The highest BCUT2D eigenvalue weighted by atomic mass is 16.5. The lowest BCUT2D eigenvalue weighted by Gasteiger charge is -2.13. The summed E-state index contributed by atoms with van der Waals surface area (Å²) in [6.45, 7) is 4.53. The first-order chi connectivity index (χ1) is 11.1. The monoisotopic (exact) mass is 313 g/mol. The van der Waals surface area contributed by atoms with Crippen molar-refractivity contribution in [3.05, 3.63) is 36.1 Å². The van der Waals surface area contributed by atoms with Gasteiger partial charge in [0.2, 0.25) is 5.71 Å². The van der Waals surface area contributed by atoms with Gasteiger partial charge in [0.05, 0.1) is 31.4 Å². The Balaban J connectivity index is 2.15. The fourth-order valence-corrected chi connectivity index (χ4v) is 2.43. The first kappa shape index (κ1) is 15.2. The summed E-state index contributed by atoms with van der Waals surface area (Å²) in [7, 11) is 3.25. The zero-order chi connectivity index (χ0) is 16.4. The quantitative estimate of drug-likeness (QED) is 0.656. The summed E-state index contributed by atoms with van der Waals surface area (Å²) < 4.78 is 22.2. The number of fused-ring (bicyclic) bond motifs is 2. The first-order valence-corrected chi connectivity index (χ1v) is 7.33. The second kappa shape index (κ2) is 6.20. The molecule has 0 aliphatic carbocycles. The van der Waals surface area contributed by atoms with Gasteiger partial charge in [-0.25, -0.2) is 4.98 Å². The highest BCUT2D eigenvalue weighted by molar-refractivity contribution is 6.00. The molecule has 0 aliphatic heterocycles. The molecule has 0 bridgehead atoms. The maximum atomic E-state index is 5.80. The molecule has 3 rings (SSSR count). The number of nitrogens with zero attached hydrogens (tertiary/aromatic N) is 1. The Morgan fingerprint density at radius 3 is 2.65 bits per heavy atom. The largest absolute Gasteiger partial charge is 0.495 e. The van der Waals surface area contributed by atoms with Crippen LogP contribution >= 0.6 is 0 Å². The summed E-state index contributed by atoms with van der Waals surface area (Å²) in [6.07, 6.45) is 3.61. The summed E-state index contributed by atoms with van der Waals surface area (Å²) in [5.74, 6) is 1.99. The molecule has 0 amide bonds. The molecular weight excluding hydrogens is 294 g/mol. The van der Waals surface area contributed by atoms with Crippen molar-refractivity contribution < 1.29 is 18.6 Å². The molecule has 0 fully saturated rings. The maximum absolute atomic E-state index is 5.80. The molecule has 23 heavy (non-hydrogen) atoms. The minimum atomic E-state index is 0.477. The van der Waals surface area contributed by atoms with Crippen LogP contribution in [0.2, 0.25) is 0 Å². The smallest absolute Gasteiger partial charge is 0.230 e. The van der Waals surface area contributed by atoms with Crippen molar-refractivity contribution in [2.24, 2.45) is 0 Å². The third-order valence-corrected chi connectivity index (χ3v) is 3.57. The van der Waals surface area contributed by atoms with E-state index in [4.69, 9.17) is 18.6 Å². The van der Waals surface area contributed by atoms with Crippen LogP contribution in [0.3, 0.4) is 0 Å². The summed E-state index contributed by atoms with van der Waals surface area (Å²) >= 11 is 0. The van der Waals surface area contributed by atoms with Crippen molar-refractivity contribution in [2.75, 3.05) is 20.8 Å². The first-order valence-electron chi connectivity index (χ1n) is 7.33. The average molecular weight is 313 g/mol. The predicted molar refractivity (Wildman–Crippen MR) is 89.5 cm³/mol. The number of allylic oxidation sites excluding steroid dienone is 1. The molecule has 0 atom stereocenters. The van der Waals surface area contributed by atoms with Crippen molar-refractivity contribution in [2.45, 2.75) is 13.8 Å². The number of hydrogen-bond donors (Lipinski definition) is 0. The molecule has 5 heteroatoms.